The van der Waals surface area contributed by atoms with Crippen LogP contribution < -0.4 is 5.32 Å². The van der Waals surface area contributed by atoms with E-state index in [1.165, 1.54) is 25.7 Å². The molecule has 0 saturated heterocycles. The van der Waals surface area contributed by atoms with Crippen molar-refractivity contribution in [3.8, 4) is 0 Å². The molecular formula is C20H37N5O. The highest BCUT2D eigenvalue weighted by Crippen LogP contribution is 2.28. The van der Waals surface area contributed by atoms with E-state index in [-0.39, 0.29) is 0 Å². The van der Waals surface area contributed by atoms with Gasteiger partial charge in [-0.3, -0.25) is 4.99 Å². The van der Waals surface area contributed by atoms with E-state index in [1.807, 2.05) is 0 Å². The molecule has 1 heterocycles. The van der Waals surface area contributed by atoms with E-state index in [9.17, 15) is 0 Å². The number of hydrogen-bond acceptors (Lipinski definition) is 4. The van der Waals surface area contributed by atoms with E-state index < -0.39 is 0 Å². The Kier molecular flexibility index (Phi) is 8.39. The van der Waals surface area contributed by atoms with E-state index in [0.29, 0.717) is 5.92 Å². The van der Waals surface area contributed by atoms with Crippen LogP contribution in [-0.2, 0) is 6.42 Å². The summed E-state index contributed by atoms with van der Waals surface area (Å²) in [4.78, 5) is 11.5. The monoisotopic (exact) mass is 363 g/mol. The summed E-state index contributed by atoms with van der Waals surface area (Å²) in [7, 11) is 2.16. The molecule has 2 rings (SSSR count). The molecule has 6 heteroatoms. The van der Waals surface area contributed by atoms with Crippen LogP contribution in [0.15, 0.2) is 9.52 Å². The summed E-state index contributed by atoms with van der Waals surface area (Å²) in [5, 5.41) is 7.44. The quantitative estimate of drug-likeness (QED) is 0.432. The van der Waals surface area contributed by atoms with E-state index in [0.717, 1.165) is 62.0 Å². The average molecular weight is 364 g/mol. The van der Waals surface area contributed by atoms with E-state index in [4.69, 9.17) is 9.52 Å². The molecule has 0 unspecified atom stereocenters. The second kappa shape index (κ2) is 10.5. The smallest absolute Gasteiger partial charge is 0.226 e. The third-order valence-corrected chi connectivity index (χ3v) is 5.17. The van der Waals surface area contributed by atoms with Crippen LogP contribution in [0.2, 0.25) is 0 Å². The molecule has 1 saturated carbocycles. The van der Waals surface area contributed by atoms with Crippen LogP contribution in [-0.4, -0.2) is 47.7 Å². The molecule has 0 aliphatic heterocycles. The predicted octanol–water partition coefficient (Wildman–Crippen LogP) is 3.85. The van der Waals surface area contributed by atoms with Crippen LogP contribution in [0.5, 0.6) is 0 Å². The minimum Gasteiger partial charge on any atom is -0.357 e. The first-order valence-corrected chi connectivity index (χ1v) is 10.3. The third kappa shape index (κ3) is 6.61. The number of nitrogens with zero attached hydrogens (tertiary/aromatic N) is 4. The van der Waals surface area contributed by atoms with Crippen LogP contribution in [0.25, 0.3) is 0 Å². The zero-order valence-electron chi connectivity index (χ0n) is 17.3. The summed E-state index contributed by atoms with van der Waals surface area (Å²) in [5.41, 5.74) is 0. The summed E-state index contributed by atoms with van der Waals surface area (Å²) in [6.45, 7) is 11.4. The lowest BCUT2D eigenvalue weighted by atomic mass is 9.83. The lowest BCUT2D eigenvalue weighted by Gasteiger charge is -2.31. The molecule has 0 amide bonds. The van der Waals surface area contributed by atoms with Crippen molar-refractivity contribution in [3.05, 3.63) is 11.7 Å². The molecule has 0 aromatic carbocycles. The molecule has 1 aromatic rings. The lowest BCUT2D eigenvalue weighted by molar-refractivity contribution is 0.250. The highest BCUT2D eigenvalue weighted by Gasteiger charge is 2.20. The molecular weight excluding hydrogens is 326 g/mol. The number of hydrogen-bond donors (Lipinski definition) is 1. The largest absolute Gasteiger partial charge is 0.357 e. The van der Waals surface area contributed by atoms with Gasteiger partial charge in [-0.15, -0.1) is 0 Å². The SMILES string of the molecule is CCNC(=NCCCc1nc(C(C)C)no1)N(C)CC1CCC(C)CC1. The van der Waals surface area contributed by atoms with Gasteiger partial charge >= 0.3 is 0 Å². The van der Waals surface area contributed by atoms with Crippen LogP contribution in [0.1, 0.15) is 77.4 Å². The van der Waals surface area contributed by atoms with Crippen LogP contribution >= 0.6 is 0 Å². The summed E-state index contributed by atoms with van der Waals surface area (Å²) in [6.07, 6.45) is 7.14. The zero-order valence-corrected chi connectivity index (χ0v) is 17.3. The van der Waals surface area contributed by atoms with Gasteiger partial charge in [-0.05, 0) is 38.0 Å². The standard InChI is InChI=1S/C20H37N5O/c1-6-21-20(25(5)14-17-11-9-16(4)10-12-17)22-13-7-8-18-23-19(15(2)3)24-26-18/h15-17H,6-14H2,1-5H3,(H,21,22). The van der Waals surface area contributed by atoms with Gasteiger partial charge < -0.3 is 14.7 Å². The molecule has 1 aliphatic rings. The molecule has 6 nitrogen and oxygen atoms in total. The number of aryl methyl sites for hydroxylation is 1. The fourth-order valence-electron chi connectivity index (χ4n) is 3.47. The Morgan fingerprint density at radius 2 is 2.04 bits per heavy atom. The summed E-state index contributed by atoms with van der Waals surface area (Å²) < 4.78 is 5.30. The molecule has 26 heavy (non-hydrogen) atoms. The van der Waals surface area contributed by atoms with Crippen molar-refractivity contribution in [1.82, 2.24) is 20.4 Å². The van der Waals surface area contributed by atoms with Crippen molar-refractivity contribution in [2.24, 2.45) is 16.8 Å². The first-order chi connectivity index (χ1) is 12.5. The molecule has 0 radical (unpaired) electrons. The van der Waals surface area contributed by atoms with Crippen LogP contribution in [0.4, 0.5) is 0 Å². The van der Waals surface area contributed by atoms with Gasteiger partial charge in [-0.1, -0.05) is 38.8 Å². The number of nitrogens with one attached hydrogen (secondary N) is 1. The van der Waals surface area contributed by atoms with E-state index in [1.54, 1.807) is 0 Å². The third-order valence-electron chi connectivity index (χ3n) is 5.17. The van der Waals surface area contributed by atoms with Gasteiger partial charge in [-0.25, -0.2) is 0 Å². The Labute approximate surface area is 158 Å². The topological polar surface area (TPSA) is 66.5 Å². The highest BCUT2D eigenvalue weighted by molar-refractivity contribution is 5.79. The highest BCUT2D eigenvalue weighted by atomic mass is 16.5. The maximum absolute atomic E-state index is 5.30. The predicted molar refractivity (Wildman–Crippen MR) is 106 cm³/mol. The van der Waals surface area contributed by atoms with Crippen molar-refractivity contribution >= 4 is 5.96 Å². The van der Waals surface area contributed by atoms with E-state index >= 15 is 0 Å². The number of aromatic nitrogens is 2. The van der Waals surface area contributed by atoms with Gasteiger partial charge in [0, 0.05) is 39.0 Å². The molecule has 1 aromatic heterocycles. The molecule has 0 bridgehead atoms. The minimum atomic E-state index is 0.308. The average Bonchev–Trinajstić information content (AvgIpc) is 3.09. The summed E-state index contributed by atoms with van der Waals surface area (Å²) >= 11 is 0. The fraction of sp³-hybridized carbons (Fsp3) is 0.850. The van der Waals surface area contributed by atoms with Crippen molar-refractivity contribution in [1.29, 1.82) is 0 Å². The van der Waals surface area contributed by atoms with Gasteiger partial charge in [0.15, 0.2) is 11.8 Å². The van der Waals surface area contributed by atoms with Gasteiger partial charge in [-0.2, -0.15) is 4.98 Å². The van der Waals surface area contributed by atoms with Gasteiger partial charge in [0.1, 0.15) is 0 Å². The molecule has 1 N–H and O–H groups in total. The van der Waals surface area contributed by atoms with Crippen molar-refractivity contribution in [3.63, 3.8) is 0 Å². The van der Waals surface area contributed by atoms with Crippen molar-refractivity contribution < 1.29 is 4.52 Å². The maximum atomic E-state index is 5.30. The number of aliphatic imine (C=N–C) groups is 1. The summed E-state index contributed by atoms with van der Waals surface area (Å²) in [6, 6.07) is 0. The Hall–Kier alpha value is -1.59. The molecule has 0 atom stereocenters. The Bertz CT molecular complexity index is 546. The second-order valence-electron chi connectivity index (χ2n) is 8.05. The molecule has 1 fully saturated rings. The maximum Gasteiger partial charge on any atom is 0.226 e. The molecule has 148 valence electrons. The van der Waals surface area contributed by atoms with Gasteiger partial charge in [0.05, 0.1) is 0 Å². The Morgan fingerprint density at radius 3 is 2.65 bits per heavy atom. The number of rotatable bonds is 8. The summed E-state index contributed by atoms with van der Waals surface area (Å²) in [5.74, 6) is 4.53. The van der Waals surface area contributed by atoms with Crippen molar-refractivity contribution in [2.75, 3.05) is 26.7 Å². The van der Waals surface area contributed by atoms with Crippen LogP contribution in [0, 0.1) is 11.8 Å². The van der Waals surface area contributed by atoms with Crippen LogP contribution in [0.3, 0.4) is 0 Å². The first-order valence-electron chi connectivity index (χ1n) is 10.3. The molecule has 0 spiro atoms. The van der Waals surface area contributed by atoms with Gasteiger partial charge in [0.25, 0.3) is 0 Å². The number of guanidine groups is 1. The van der Waals surface area contributed by atoms with Crippen molar-refractivity contribution in [2.45, 2.75) is 72.1 Å². The minimum absolute atomic E-state index is 0.308. The van der Waals surface area contributed by atoms with E-state index in [2.05, 4.69) is 55.1 Å². The second-order valence-corrected chi connectivity index (χ2v) is 8.05. The molecule has 1 aliphatic carbocycles. The Balaban J connectivity index is 1.79. The fourth-order valence-corrected chi connectivity index (χ4v) is 3.47. The Morgan fingerprint density at radius 1 is 1.31 bits per heavy atom. The van der Waals surface area contributed by atoms with Gasteiger partial charge in [0.2, 0.25) is 5.89 Å². The lowest BCUT2D eigenvalue weighted by Crippen LogP contribution is -2.42. The normalized spacial score (nSPS) is 21.2. The zero-order chi connectivity index (χ0) is 18.9. The first kappa shape index (κ1) is 20.7.